The lowest BCUT2D eigenvalue weighted by atomic mass is 10.2. The van der Waals surface area contributed by atoms with Crippen molar-refractivity contribution in [2.75, 3.05) is 13.7 Å². The quantitative estimate of drug-likeness (QED) is 0.761. The minimum atomic E-state index is -3.71. The Bertz CT molecular complexity index is 644. The molecular weight excluding hydrogens is 316 g/mol. The van der Waals surface area contributed by atoms with Gasteiger partial charge in [-0.2, -0.15) is 0 Å². The summed E-state index contributed by atoms with van der Waals surface area (Å²) in [4.78, 5) is 11.4. The van der Waals surface area contributed by atoms with Crippen LogP contribution in [0.25, 0.3) is 0 Å². The Morgan fingerprint density at radius 2 is 2.19 bits per heavy atom. The van der Waals surface area contributed by atoms with Gasteiger partial charge in [0.15, 0.2) is 0 Å². The first-order valence-corrected chi connectivity index (χ1v) is 8.35. The lowest BCUT2D eigenvalue weighted by Gasteiger charge is -2.16. The zero-order valence-electron chi connectivity index (χ0n) is 11.5. The molecule has 1 fully saturated rings. The summed E-state index contributed by atoms with van der Waals surface area (Å²) < 4.78 is 31.7. The van der Waals surface area contributed by atoms with Crippen molar-refractivity contribution < 1.29 is 17.9 Å². The Labute approximate surface area is 128 Å². The lowest BCUT2D eigenvalue weighted by Crippen LogP contribution is -2.41. The molecule has 1 aliphatic carbocycles. The summed E-state index contributed by atoms with van der Waals surface area (Å²) in [5.74, 6) is -0.315. The molecule has 0 heterocycles. The highest BCUT2D eigenvalue weighted by atomic mass is 35.5. The van der Waals surface area contributed by atoms with Gasteiger partial charge in [0.25, 0.3) is 0 Å². The summed E-state index contributed by atoms with van der Waals surface area (Å²) in [6.45, 7) is 0.248. The zero-order valence-corrected chi connectivity index (χ0v) is 13.1. The minimum Gasteiger partial charge on any atom is -0.465 e. The van der Waals surface area contributed by atoms with Gasteiger partial charge >= 0.3 is 5.97 Å². The second-order valence-electron chi connectivity index (χ2n) is 4.93. The second-order valence-corrected chi connectivity index (χ2v) is 7.06. The lowest BCUT2D eigenvalue weighted by molar-refractivity contribution is 0.0601. The van der Waals surface area contributed by atoms with Gasteiger partial charge in [-0.15, -0.1) is 0 Å². The van der Waals surface area contributed by atoms with Gasteiger partial charge in [0.05, 0.1) is 22.6 Å². The van der Waals surface area contributed by atoms with Gasteiger partial charge in [0.1, 0.15) is 0 Å². The molecule has 6 nitrogen and oxygen atoms in total. The van der Waals surface area contributed by atoms with Crippen molar-refractivity contribution in [1.29, 1.82) is 0 Å². The van der Waals surface area contributed by atoms with Gasteiger partial charge in [-0.05, 0) is 37.0 Å². The summed E-state index contributed by atoms with van der Waals surface area (Å²) in [5, 5.41) is 0.0282. The Morgan fingerprint density at radius 3 is 2.67 bits per heavy atom. The van der Waals surface area contributed by atoms with E-state index in [0.29, 0.717) is 5.92 Å². The van der Waals surface area contributed by atoms with Crippen molar-refractivity contribution >= 4 is 27.6 Å². The van der Waals surface area contributed by atoms with Gasteiger partial charge in [-0.1, -0.05) is 11.6 Å². The summed E-state index contributed by atoms with van der Waals surface area (Å²) in [6.07, 6.45) is 1.96. The van der Waals surface area contributed by atoms with Crippen LogP contribution in [0, 0.1) is 5.92 Å². The highest BCUT2D eigenvalue weighted by Crippen LogP contribution is 2.33. The van der Waals surface area contributed by atoms with Crippen molar-refractivity contribution in [3.63, 3.8) is 0 Å². The van der Waals surface area contributed by atoms with Crippen molar-refractivity contribution in [3.05, 3.63) is 28.8 Å². The predicted molar refractivity (Wildman–Crippen MR) is 78.7 cm³/mol. The molecule has 1 aromatic rings. The average molecular weight is 333 g/mol. The molecule has 3 N–H and O–H groups in total. The first kappa shape index (κ1) is 16.2. The van der Waals surface area contributed by atoms with E-state index < -0.39 is 16.0 Å². The SMILES string of the molecule is COC(=O)c1ccc(S(=O)(=O)NC(CN)C2CC2)cc1Cl. The van der Waals surface area contributed by atoms with Gasteiger partial charge in [-0.25, -0.2) is 17.9 Å². The molecule has 0 radical (unpaired) electrons. The van der Waals surface area contributed by atoms with Crippen LogP contribution in [-0.4, -0.2) is 34.1 Å². The van der Waals surface area contributed by atoms with Gasteiger partial charge in [-0.3, -0.25) is 0 Å². The van der Waals surface area contributed by atoms with E-state index in [1.165, 1.54) is 25.3 Å². The molecule has 21 heavy (non-hydrogen) atoms. The second kappa shape index (κ2) is 6.31. The first-order valence-electron chi connectivity index (χ1n) is 6.49. The number of hydrogen-bond donors (Lipinski definition) is 2. The highest BCUT2D eigenvalue weighted by molar-refractivity contribution is 7.89. The minimum absolute atomic E-state index is 0.000692. The highest BCUT2D eigenvalue weighted by Gasteiger charge is 2.33. The third-order valence-electron chi connectivity index (χ3n) is 3.41. The van der Waals surface area contributed by atoms with Gasteiger partial charge in [0, 0.05) is 12.6 Å². The van der Waals surface area contributed by atoms with E-state index in [4.69, 9.17) is 17.3 Å². The summed E-state index contributed by atoms with van der Waals surface area (Å²) in [5.41, 5.74) is 5.72. The smallest absolute Gasteiger partial charge is 0.339 e. The van der Waals surface area contributed by atoms with Gasteiger partial charge in [0.2, 0.25) is 10.0 Å². The number of carbonyl (C=O) groups excluding carboxylic acids is 1. The molecular formula is C13H17ClN2O4S. The number of carbonyl (C=O) groups is 1. The predicted octanol–water partition coefficient (Wildman–Crippen LogP) is 1.14. The van der Waals surface area contributed by atoms with Crippen LogP contribution in [0.4, 0.5) is 0 Å². The maximum atomic E-state index is 12.3. The Morgan fingerprint density at radius 1 is 1.52 bits per heavy atom. The maximum absolute atomic E-state index is 12.3. The normalized spacial score (nSPS) is 16.5. The van der Waals surface area contributed by atoms with E-state index in [0.717, 1.165) is 12.8 Å². The van der Waals surface area contributed by atoms with E-state index in [-0.39, 0.29) is 28.1 Å². The van der Waals surface area contributed by atoms with Crippen LogP contribution in [-0.2, 0) is 14.8 Å². The van der Waals surface area contributed by atoms with Crippen LogP contribution >= 0.6 is 11.6 Å². The van der Waals surface area contributed by atoms with Crippen molar-refractivity contribution in [1.82, 2.24) is 4.72 Å². The Hall–Kier alpha value is -1.15. The number of nitrogens with one attached hydrogen (secondary N) is 1. The van der Waals surface area contributed by atoms with Crippen LogP contribution in [0.5, 0.6) is 0 Å². The molecule has 1 unspecified atom stereocenters. The molecule has 1 saturated carbocycles. The number of sulfonamides is 1. The molecule has 2 rings (SSSR count). The molecule has 8 heteroatoms. The largest absolute Gasteiger partial charge is 0.465 e. The number of nitrogens with two attached hydrogens (primary N) is 1. The molecule has 1 atom stereocenters. The van der Waals surface area contributed by atoms with E-state index in [9.17, 15) is 13.2 Å². The summed E-state index contributed by atoms with van der Waals surface area (Å²) in [7, 11) is -2.49. The molecule has 0 aromatic heterocycles. The zero-order chi connectivity index (χ0) is 15.6. The molecule has 0 saturated heterocycles. The first-order chi connectivity index (χ1) is 9.89. The van der Waals surface area contributed by atoms with E-state index in [1.54, 1.807) is 0 Å². The molecule has 1 aliphatic rings. The fraction of sp³-hybridized carbons (Fsp3) is 0.462. The monoisotopic (exact) mass is 332 g/mol. The number of methoxy groups -OCH3 is 1. The van der Waals surface area contributed by atoms with E-state index in [1.807, 2.05) is 0 Å². The average Bonchev–Trinajstić information content (AvgIpc) is 3.28. The Balaban J connectivity index is 2.24. The van der Waals surface area contributed by atoms with Gasteiger partial charge < -0.3 is 10.5 Å². The topological polar surface area (TPSA) is 98.5 Å². The molecule has 116 valence electrons. The summed E-state index contributed by atoms with van der Waals surface area (Å²) in [6, 6.07) is 3.61. The van der Waals surface area contributed by atoms with Crippen molar-refractivity contribution in [2.45, 2.75) is 23.8 Å². The number of ether oxygens (including phenoxy) is 1. The van der Waals surface area contributed by atoms with Crippen LogP contribution in [0.3, 0.4) is 0 Å². The van der Waals surface area contributed by atoms with Crippen LogP contribution in [0.15, 0.2) is 23.1 Å². The third kappa shape index (κ3) is 3.74. The number of rotatable bonds is 6. The van der Waals surface area contributed by atoms with E-state index >= 15 is 0 Å². The third-order valence-corrected chi connectivity index (χ3v) is 5.21. The van der Waals surface area contributed by atoms with Crippen molar-refractivity contribution in [2.24, 2.45) is 11.7 Å². The van der Waals surface area contributed by atoms with E-state index in [2.05, 4.69) is 9.46 Å². The number of esters is 1. The van der Waals surface area contributed by atoms with Crippen LogP contribution in [0.2, 0.25) is 5.02 Å². The molecule has 0 bridgehead atoms. The fourth-order valence-corrected chi connectivity index (χ4v) is 3.71. The molecule has 0 amide bonds. The standard InChI is InChI=1S/C13H17ClN2O4S/c1-20-13(17)10-5-4-9(6-11(10)14)21(18,19)16-12(7-15)8-2-3-8/h4-6,8,12,16H,2-3,7,15H2,1H3. The molecule has 0 spiro atoms. The number of benzene rings is 1. The van der Waals surface area contributed by atoms with Crippen molar-refractivity contribution in [3.8, 4) is 0 Å². The molecule has 0 aliphatic heterocycles. The van der Waals surface area contributed by atoms with Crippen LogP contribution in [0.1, 0.15) is 23.2 Å². The Kier molecular flexibility index (Phi) is 4.88. The summed E-state index contributed by atoms with van der Waals surface area (Å²) >= 11 is 5.94. The molecule has 1 aromatic carbocycles. The maximum Gasteiger partial charge on any atom is 0.339 e. The number of hydrogen-bond acceptors (Lipinski definition) is 5. The number of halogens is 1. The fourth-order valence-electron chi connectivity index (χ4n) is 2.04. The van der Waals surface area contributed by atoms with Crippen LogP contribution < -0.4 is 10.5 Å².